The van der Waals surface area contributed by atoms with Crippen LogP contribution in [0.15, 0.2) is 35.1 Å². The number of likely N-dealkylation sites (N-methyl/N-ethyl adjacent to an activating group) is 1. The number of carbonyl (C=O) groups excluding carboxylic acids is 1. The first kappa shape index (κ1) is 15.9. The van der Waals surface area contributed by atoms with Gasteiger partial charge in [-0.15, -0.1) is 0 Å². The quantitative estimate of drug-likeness (QED) is 0.820. The Morgan fingerprint density at radius 1 is 1.27 bits per heavy atom. The van der Waals surface area contributed by atoms with E-state index in [1.165, 1.54) is 6.26 Å². The molecule has 0 unspecified atom stereocenters. The molecular weight excluding hydrogens is 284 g/mol. The Balaban J connectivity index is 2.08. The number of methoxy groups -OCH3 is 2. The Kier molecular flexibility index (Phi) is 5.04. The number of rotatable bonds is 6. The van der Waals surface area contributed by atoms with E-state index in [1.807, 2.05) is 19.1 Å². The summed E-state index contributed by atoms with van der Waals surface area (Å²) >= 11 is 0. The first-order valence-corrected chi connectivity index (χ1v) is 6.93. The van der Waals surface area contributed by atoms with Gasteiger partial charge >= 0.3 is 0 Å². The molecule has 2 aromatic rings. The maximum atomic E-state index is 12.4. The molecule has 0 radical (unpaired) electrons. The van der Waals surface area contributed by atoms with Crippen molar-refractivity contribution in [3.63, 3.8) is 0 Å². The Morgan fingerprint density at radius 3 is 2.59 bits per heavy atom. The molecule has 1 heterocycles. The van der Waals surface area contributed by atoms with E-state index in [0.29, 0.717) is 11.5 Å². The molecule has 0 saturated heterocycles. The zero-order valence-electron chi connectivity index (χ0n) is 13.2. The second-order valence-corrected chi connectivity index (χ2v) is 4.97. The largest absolute Gasteiger partial charge is 0.493 e. The van der Waals surface area contributed by atoms with Crippen LogP contribution in [0.25, 0.3) is 0 Å². The van der Waals surface area contributed by atoms with E-state index in [0.717, 1.165) is 11.3 Å². The van der Waals surface area contributed by atoms with Crippen LogP contribution in [-0.2, 0) is 11.2 Å². The number of nitrogens with zero attached hydrogens (tertiary/aromatic N) is 2. The molecule has 0 saturated carbocycles. The summed E-state index contributed by atoms with van der Waals surface area (Å²) < 4.78 is 15.3. The third-order valence-corrected chi connectivity index (χ3v) is 3.66. The van der Waals surface area contributed by atoms with Gasteiger partial charge in [0.15, 0.2) is 11.5 Å². The van der Waals surface area contributed by atoms with Crippen molar-refractivity contribution in [2.24, 2.45) is 0 Å². The molecular formula is C16H20N2O4. The van der Waals surface area contributed by atoms with Gasteiger partial charge in [-0.25, -0.2) is 0 Å². The van der Waals surface area contributed by atoms with Crippen molar-refractivity contribution in [1.82, 2.24) is 10.1 Å². The lowest BCUT2D eigenvalue weighted by Gasteiger charge is -2.23. The van der Waals surface area contributed by atoms with E-state index >= 15 is 0 Å². The van der Waals surface area contributed by atoms with Gasteiger partial charge in [0.25, 0.3) is 0 Å². The second-order valence-electron chi connectivity index (χ2n) is 4.97. The van der Waals surface area contributed by atoms with Gasteiger partial charge in [0.2, 0.25) is 5.91 Å². The third-order valence-electron chi connectivity index (χ3n) is 3.66. The third kappa shape index (κ3) is 3.39. The standard InChI is InChI=1S/C16H20N2O4/c1-11(13-7-8-22-17-13)18(2)16(19)10-12-5-6-14(20-3)15(9-12)21-4/h5-9,11H,10H2,1-4H3/t11-/m1/s1. The molecule has 0 fully saturated rings. The monoisotopic (exact) mass is 304 g/mol. The number of carbonyl (C=O) groups is 1. The fraction of sp³-hybridized carbons (Fsp3) is 0.375. The van der Waals surface area contributed by atoms with Crippen LogP contribution in [0.3, 0.4) is 0 Å². The summed E-state index contributed by atoms with van der Waals surface area (Å²) in [5, 5.41) is 3.87. The van der Waals surface area contributed by atoms with Crippen molar-refractivity contribution in [3.05, 3.63) is 41.8 Å². The number of amides is 1. The van der Waals surface area contributed by atoms with Gasteiger partial charge in [-0.1, -0.05) is 11.2 Å². The van der Waals surface area contributed by atoms with Gasteiger partial charge in [-0.05, 0) is 24.6 Å². The average molecular weight is 304 g/mol. The van der Waals surface area contributed by atoms with Crippen molar-refractivity contribution < 1.29 is 18.8 Å². The van der Waals surface area contributed by atoms with Gasteiger partial charge in [0.05, 0.1) is 26.7 Å². The van der Waals surface area contributed by atoms with Crippen molar-refractivity contribution >= 4 is 5.91 Å². The topological polar surface area (TPSA) is 64.8 Å². The molecule has 2 rings (SSSR count). The lowest BCUT2D eigenvalue weighted by molar-refractivity contribution is -0.131. The maximum absolute atomic E-state index is 12.4. The first-order valence-electron chi connectivity index (χ1n) is 6.93. The Bertz CT molecular complexity index is 625. The lowest BCUT2D eigenvalue weighted by Crippen LogP contribution is -2.31. The van der Waals surface area contributed by atoms with Crippen LogP contribution in [-0.4, -0.2) is 37.2 Å². The van der Waals surface area contributed by atoms with E-state index in [1.54, 1.807) is 38.3 Å². The van der Waals surface area contributed by atoms with E-state index in [9.17, 15) is 4.79 Å². The molecule has 0 aliphatic carbocycles. The molecule has 1 aromatic heterocycles. The highest BCUT2D eigenvalue weighted by Crippen LogP contribution is 2.28. The van der Waals surface area contributed by atoms with Crippen molar-refractivity contribution in [1.29, 1.82) is 0 Å². The molecule has 0 spiro atoms. The molecule has 22 heavy (non-hydrogen) atoms. The molecule has 0 aliphatic rings. The van der Waals surface area contributed by atoms with Crippen molar-refractivity contribution in [2.45, 2.75) is 19.4 Å². The Hall–Kier alpha value is -2.50. The van der Waals surface area contributed by atoms with E-state index in [2.05, 4.69) is 5.16 Å². The van der Waals surface area contributed by atoms with Gasteiger partial charge in [-0.2, -0.15) is 0 Å². The minimum atomic E-state index is -0.147. The van der Waals surface area contributed by atoms with Gasteiger partial charge in [0, 0.05) is 13.1 Å². The summed E-state index contributed by atoms with van der Waals surface area (Å²) in [6.07, 6.45) is 1.78. The van der Waals surface area contributed by atoms with E-state index in [-0.39, 0.29) is 18.4 Å². The number of hydrogen-bond acceptors (Lipinski definition) is 5. The highest BCUT2D eigenvalue weighted by molar-refractivity contribution is 5.79. The summed E-state index contributed by atoms with van der Waals surface area (Å²) in [4.78, 5) is 14.0. The molecule has 1 amide bonds. The summed E-state index contributed by atoms with van der Waals surface area (Å²) in [5.41, 5.74) is 1.59. The fourth-order valence-corrected chi connectivity index (χ4v) is 2.14. The highest BCUT2D eigenvalue weighted by atomic mass is 16.5. The molecule has 0 N–H and O–H groups in total. The zero-order chi connectivity index (χ0) is 16.1. The van der Waals surface area contributed by atoms with E-state index in [4.69, 9.17) is 14.0 Å². The van der Waals surface area contributed by atoms with Crippen molar-refractivity contribution in [2.75, 3.05) is 21.3 Å². The number of benzene rings is 1. The minimum Gasteiger partial charge on any atom is -0.493 e. The number of aromatic nitrogens is 1. The summed E-state index contributed by atoms with van der Waals surface area (Å²) in [6.45, 7) is 1.91. The summed E-state index contributed by atoms with van der Waals surface area (Å²) in [5.74, 6) is 1.24. The number of ether oxygens (including phenoxy) is 2. The Labute approximate surface area is 129 Å². The van der Waals surface area contributed by atoms with Crippen LogP contribution < -0.4 is 9.47 Å². The van der Waals surface area contributed by atoms with Crippen LogP contribution in [0.5, 0.6) is 11.5 Å². The summed E-state index contributed by atoms with van der Waals surface area (Å²) in [6, 6.07) is 7.07. The lowest BCUT2D eigenvalue weighted by atomic mass is 10.1. The molecule has 1 atom stereocenters. The SMILES string of the molecule is COc1ccc(CC(=O)N(C)[C@H](C)c2ccon2)cc1OC. The smallest absolute Gasteiger partial charge is 0.227 e. The molecule has 6 heteroatoms. The molecule has 118 valence electrons. The predicted octanol–water partition coefficient (Wildman–Crippen LogP) is 2.45. The molecule has 0 bridgehead atoms. The Morgan fingerprint density at radius 2 is 2.00 bits per heavy atom. The minimum absolute atomic E-state index is 0.0114. The van der Waals surface area contributed by atoms with Crippen LogP contribution in [0.2, 0.25) is 0 Å². The normalized spacial score (nSPS) is 11.8. The summed E-state index contributed by atoms with van der Waals surface area (Å²) in [7, 11) is 4.90. The number of hydrogen-bond donors (Lipinski definition) is 0. The van der Waals surface area contributed by atoms with Crippen LogP contribution >= 0.6 is 0 Å². The van der Waals surface area contributed by atoms with Crippen LogP contribution in [0.4, 0.5) is 0 Å². The molecule has 0 aliphatic heterocycles. The van der Waals surface area contributed by atoms with Crippen LogP contribution in [0, 0.1) is 0 Å². The highest BCUT2D eigenvalue weighted by Gasteiger charge is 2.20. The van der Waals surface area contributed by atoms with Crippen molar-refractivity contribution in [3.8, 4) is 11.5 Å². The van der Waals surface area contributed by atoms with Gasteiger partial charge < -0.3 is 18.9 Å². The van der Waals surface area contributed by atoms with E-state index < -0.39 is 0 Å². The average Bonchev–Trinajstić information content (AvgIpc) is 3.07. The van der Waals surface area contributed by atoms with Gasteiger partial charge in [0.1, 0.15) is 12.0 Å². The maximum Gasteiger partial charge on any atom is 0.227 e. The second kappa shape index (κ2) is 6.98. The fourth-order valence-electron chi connectivity index (χ4n) is 2.14. The van der Waals surface area contributed by atoms with Crippen LogP contribution in [0.1, 0.15) is 24.2 Å². The molecule has 1 aromatic carbocycles. The zero-order valence-corrected chi connectivity index (χ0v) is 13.2. The molecule has 6 nitrogen and oxygen atoms in total. The van der Waals surface area contributed by atoms with Gasteiger partial charge in [-0.3, -0.25) is 4.79 Å². The first-order chi connectivity index (χ1) is 10.6. The predicted molar refractivity (Wildman–Crippen MR) is 80.9 cm³/mol.